The number of aromatic hydroxyl groups is 1. The van der Waals surface area contributed by atoms with Gasteiger partial charge in [-0.15, -0.1) is 0 Å². The number of urea groups is 1. The summed E-state index contributed by atoms with van der Waals surface area (Å²) in [5.74, 6) is -0.592. The SMILES string of the molecule is NC(=O)Nc1ccc(NCc2cc(O)cc(F)c2)cc1. The van der Waals surface area contributed by atoms with Crippen molar-refractivity contribution < 1.29 is 14.3 Å². The number of benzene rings is 2. The summed E-state index contributed by atoms with van der Waals surface area (Å²) < 4.78 is 13.1. The summed E-state index contributed by atoms with van der Waals surface area (Å²) in [7, 11) is 0. The van der Waals surface area contributed by atoms with Crippen LogP contribution in [0.1, 0.15) is 5.56 Å². The quantitative estimate of drug-likeness (QED) is 0.691. The van der Waals surface area contributed by atoms with E-state index in [0.29, 0.717) is 17.8 Å². The number of phenolic OH excluding ortho intramolecular Hbond substituents is 1. The third kappa shape index (κ3) is 3.88. The Morgan fingerprint density at radius 2 is 1.80 bits per heavy atom. The molecular formula is C14H14FN3O2. The van der Waals surface area contributed by atoms with Crippen molar-refractivity contribution in [3.63, 3.8) is 0 Å². The summed E-state index contributed by atoms with van der Waals surface area (Å²) in [4.78, 5) is 10.7. The van der Waals surface area contributed by atoms with Crippen LogP contribution in [0.4, 0.5) is 20.6 Å². The predicted molar refractivity (Wildman–Crippen MR) is 75.0 cm³/mol. The second-order valence-electron chi connectivity index (χ2n) is 4.24. The molecule has 0 aliphatic carbocycles. The number of hydrogen-bond donors (Lipinski definition) is 4. The van der Waals surface area contributed by atoms with Crippen molar-refractivity contribution in [2.24, 2.45) is 5.73 Å². The van der Waals surface area contributed by atoms with E-state index in [0.717, 1.165) is 11.8 Å². The van der Waals surface area contributed by atoms with E-state index in [4.69, 9.17) is 5.73 Å². The fourth-order valence-corrected chi connectivity index (χ4v) is 1.75. The summed E-state index contributed by atoms with van der Waals surface area (Å²) >= 11 is 0. The molecule has 0 aliphatic rings. The van der Waals surface area contributed by atoms with Gasteiger partial charge in [-0.3, -0.25) is 0 Å². The standard InChI is InChI=1S/C14H14FN3O2/c15-10-5-9(6-13(19)7-10)8-17-11-1-3-12(4-2-11)18-14(16)20/h1-7,17,19H,8H2,(H3,16,18,20). The number of nitrogens with two attached hydrogens (primary N) is 1. The number of anilines is 2. The molecule has 0 saturated carbocycles. The van der Waals surface area contributed by atoms with Gasteiger partial charge in [0.25, 0.3) is 0 Å². The first-order valence-corrected chi connectivity index (χ1v) is 5.92. The third-order valence-corrected chi connectivity index (χ3v) is 2.59. The molecule has 2 amide bonds. The lowest BCUT2D eigenvalue weighted by Crippen LogP contribution is -2.19. The van der Waals surface area contributed by atoms with Gasteiger partial charge in [0, 0.05) is 24.0 Å². The Balaban J connectivity index is 1.98. The highest BCUT2D eigenvalue weighted by Gasteiger charge is 2.01. The minimum absolute atomic E-state index is 0.109. The maximum absolute atomic E-state index is 13.1. The normalized spacial score (nSPS) is 10.1. The van der Waals surface area contributed by atoms with Gasteiger partial charge in [-0.2, -0.15) is 0 Å². The molecule has 0 unspecified atom stereocenters. The molecule has 2 rings (SSSR count). The molecule has 0 bridgehead atoms. The van der Waals surface area contributed by atoms with Crippen molar-refractivity contribution in [2.45, 2.75) is 6.54 Å². The number of phenols is 1. The van der Waals surface area contributed by atoms with Crippen molar-refractivity contribution in [3.05, 3.63) is 53.8 Å². The molecule has 0 saturated heterocycles. The van der Waals surface area contributed by atoms with Gasteiger partial charge in [0.1, 0.15) is 11.6 Å². The third-order valence-electron chi connectivity index (χ3n) is 2.59. The van der Waals surface area contributed by atoms with E-state index >= 15 is 0 Å². The van der Waals surface area contributed by atoms with Gasteiger partial charge in [-0.1, -0.05) is 0 Å². The van der Waals surface area contributed by atoms with Crippen molar-refractivity contribution in [1.82, 2.24) is 0 Å². The average Bonchev–Trinajstić information content (AvgIpc) is 2.36. The fourth-order valence-electron chi connectivity index (χ4n) is 1.75. The van der Waals surface area contributed by atoms with Crippen LogP contribution in [0.25, 0.3) is 0 Å². The van der Waals surface area contributed by atoms with Crippen molar-refractivity contribution in [3.8, 4) is 5.75 Å². The number of carbonyl (C=O) groups excluding carboxylic acids is 1. The minimum atomic E-state index is -0.624. The number of rotatable bonds is 4. The Hall–Kier alpha value is -2.76. The van der Waals surface area contributed by atoms with E-state index in [9.17, 15) is 14.3 Å². The Labute approximate surface area is 115 Å². The first-order valence-electron chi connectivity index (χ1n) is 5.92. The number of amides is 2. The number of carbonyl (C=O) groups is 1. The van der Waals surface area contributed by atoms with Crippen LogP contribution in [-0.4, -0.2) is 11.1 Å². The van der Waals surface area contributed by atoms with Gasteiger partial charge < -0.3 is 21.5 Å². The van der Waals surface area contributed by atoms with E-state index in [1.54, 1.807) is 24.3 Å². The molecule has 0 spiro atoms. The summed E-state index contributed by atoms with van der Waals surface area (Å²) in [6, 6.07) is 10.1. The molecule has 104 valence electrons. The smallest absolute Gasteiger partial charge is 0.316 e. The Morgan fingerprint density at radius 3 is 2.40 bits per heavy atom. The molecule has 0 heterocycles. The molecule has 0 aliphatic heterocycles. The van der Waals surface area contributed by atoms with Crippen molar-refractivity contribution in [1.29, 1.82) is 0 Å². The van der Waals surface area contributed by atoms with Crippen molar-refractivity contribution in [2.75, 3.05) is 10.6 Å². The molecule has 2 aromatic rings. The maximum atomic E-state index is 13.1. The average molecular weight is 275 g/mol. The lowest BCUT2D eigenvalue weighted by atomic mass is 10.2. The fraction of sp³-hybridized carbons (Fsp3) is 0.0714. The largest absolute Gasteiger partial charge is 0.508 e. The topological polar surface area (TPSA) is 87.4 Å². The van der Waals surface area contributed by atoms with E-state index < -0.39 is 11.8 Å². The van der Waals surface area contributed by atoms with Crippen LogP contribution >= 0.6 is 0 Å². The second kappa shape index (κ2) is 5.92. The monoisotopic (exact) mass is 275 g/mol. The Bertz CT molecular complexity index is 594. The lowest BCUT2D eigenvalue weighted by Gasteiger charge is -2.08. The number of halogens is 1. The van der Waals surface area contributed by atoms with E-state index in [-0.39, 0.29) is 5.75 Å². The molecule has 5 nitrogen and oxygen atoms in total. The molecule has 0 fully saturated rings. The first kappa shape index (κ1) is 13.7. The summed E-state index contributed by atoms with van der Waals surface area (Å²) in [6.07, 6.45) is 0. The summed E-state index contributed by atoms with van der Waals surface area (Å²) in [5, 5.41) is 14.8. The van der Waals surface area contributed by atoms with Crippen LogP contribution in [0.3, 0.4) is 0 Å². The maximum Gasteiger partial charge on any atom is 0.316 e. The molecule has 5 N–H and O–H groups in total. The van der Waals surface area contributed by atoms with E-state index in [1.165, 1.54) is 12.1 Å². The first-order chi connectivity index (χ1) is 9.52. The predicted octanol–water partition coefficient (Wildman–Crippen LogP) is 2.63. The summed E-state index contributed by atoms with van der Waals surface area (Å²) in [6.45, 7) is 0.369. The number of nitrogens with one attached hydrogen (secondary N) is 2. The molecule has 0 atom stereocenters. The van der Waals surface area contributed by atoms with Crippen molar-refractivity contribution >= 4 is 17.4 Å². The number of primary amides is 1. The number of hydrogen-bond acceptors (Lipinski definition) is 3. The van der Waals surface area contributed by atoms with Gasteiger partial charge in [-0.05, 0) is 42.0 Å². The van der Waals surface area contributed by atoms with Gasteiger partial charge >= 0.3 is 6.03 Å². The zero-order valence-corrected chi connectivity index (χ0v) is 10.6. The molecule has 6 heteroatoms. The summed E-state index contributed by atoms with van der Waals surface area (Å²) in [5.41, 5.74) is 7.01. The van der Waals surface area contributed by atoms with Crippen LogP contribution in [-0.2, 0) is 6.54 Å². The Kier molecular flexibility index (Phi) is 4.05. The minimum Gasteiger partial charge on any atom is -0.508 e. The van der Waals surface area contributed by atoms with Gasteiger partial charge in [0.15, 0.2) is 0 Å². The van der Waals surface area contributed by atoms with Crippen LogP contribution in [0.15, 0.2) is 42.5 Å². The van der Waals surface area contributed by atoms with Crippen LogP contribution in [0.5, 0.6) is 5.75 Å². The highest BCUT2D eigenvalue weighted by molar-refractivity contribution is 5.87. The van der Waals surface area contributed by atoms with Crippen LogP contribution < -0.4 is 16.4 Å². The van der Waals surface area contributed by atoms with Crippen LogP contribution in [0.2, 0.25) is 0 Å². The zero-order valence-electron chi connectivity index (χ0n) is 10.6. The van der Waals surface area contributed by atoms with Gasteiger partial charge in [0.2, 0.25) is 0 Å². The Morgan fingerprint density at radius 1 is 1.15 bits per heavy atom. The molecule has 2 aromatic carbocycles. The van der Waals surface area contributed by atoms with E-state index in [2.05, 4.69) is 10.6 Å². The lowest BCUT2D eigenvalue weighted by molar-refractivity contribution is 0.259. The van der Waals surface area contributed by atoms with Crippen LogP contribution in [0, 0.1) is 5.82 Å². The highest BCUT2D eigenvalue weighted by atomic mass is 19.1. The van der Waals surface area contributed by atoms with Gasteiger partial charge in [-0.25, -0.2) is 9.18 Å². The van der Waals surface area contributed by atoms with E-state index in [1.807, 2.05) is 0 Å². The molecule has 20 heavy (non-hydrogen) atoms. The zero-order chi connectivity index (χ0) is 14.5. The highest BCUT2D eigenvalue weighted by Crippen LogP contribution is 2.17. The second-order valence-corrected chi connectivity index (χ2v) is 4.24. The molecule has 0 aromatic heterocycles. The molecular weight excluding hydrogens is 261 g/mol. The van der Waals surface area contributed by atoms with Gasteiger partial charge in [0.05, 0.1) is 0 Å². The molecule has 0 radical (unpaired) electrons.